The molecule has 1 amide bonds. The van der Waals surface area contributed by atoms with Crippen LogP contribution in [0.2, 0.25) is 0 Å². The van der Waals surface area contributed by atoms with Gasteiger partial charge in [0.15, 0.2) is 5.75 Å². The van der Waals surface area contributed by atoms with E-state index in [1.807, 2.05) is 0 Å². The molecule has 0 spiro atoms. The first-order valence-corrected chi connectivity index (χ1v) is 7.52. The lowest BCUT2D eigenvalue weighted by Crippen LogP contribution is -2.39. The zero-order chi connectivity index (χ0) is 18.1. The van der Waals surface area contributed by atoms with E-state index in [9.17, 15) is 23.9 Å². The molecule has 0 atom stereocenters. The number of carbonyl (C=O) groups is 2. The third-order valence-electron chi connectivity index (χ3n) is 4.10. The van der Waals surface area contributed by atoms with Crippen LogP contribution in [0.25, 0.3) is 0 Å². The van der Waals surface area contributed by atoms with Gasteiger partial charge < -0.3 is 19.7 Å². The standard InChI is InChI=1S/C17H15FN2O5/c1-25-17(24)13-11-6-7-20(8-9-2-4-10(18)5-3-9)16(23)12(11)14(21)15(22)19-13/h2-5,21H,6-8H2,1H3,(H,19,22). The highest BCUT2D eigenvalue weighted by Gasteiger charge is 2.33. The van der Waals surface area contributed by atoms with Gasteiger partial charge in [-0.15, -0.1) is 0 Å². The van der Waals surface area contributed by atoms with Crippen LogP contribution < -0.4 is 5.56 Å². The Kier molecular flexibility index (Phi) is 4.26. The minimum atomic E-state index is -0.934. The molecule has 2 N–H and O–H groups in total. The second-order valence-corrected chi connectivity index (χ2v) is 5.63. The fraction of sp³-hybridized carbons (Fsp3) is 0.235. The molecular formula is C17H15FN2O5. The van der Waals surface area contributed by atoms with Crippen molar-refractivity contribution in [1.29, 1.82) is 0 Å². The second-order valence-electron chi connectivity index (χ2n) is 5.63. The Morgan fingerprint density at radius 2 is 2.00 bits per heavy atom. The lowest BCUT2D eigenvalue weighted by atomic mass is 9.96. The summed E-state index contributed by atoms with van der Waals surface area (Å²) in [7, 11) is 1.16. The van der Waals surface area contributed by atoms with Crippen molar-refractivity contribution in [3.63, 3.8) is 0 Å². The number of rotatable bonds is 3. The molecule has 8 heteroatoms. The molecule has 0 bridgehead atoms. The molecular weight excluding hydrogens is 331 g/mol. The molecule has 130 valence electrons. The third kappa shape index (κ3) is 2.98. The number of esters is 1. The molecule has 1 aliphatic heterocycles. The molecule has 0 fully saturated rings. The van der Waals surface area contributed by atoms with E-state index in [2.05, 4.69) is 9.72 Å². The maximum atomic E-state index is 13.0. The SMILES string of the molecule is COC(=O)c1[nH]c(=O)c(O)c2c1CCN(Cc1ccc(F)cc1)C2=O. The summed E-state index contributed by atoms with van der Waals surface area (Å²) in [4.78, 5) is 40.1. The van der Waals surface area contributed by atoms with Gasteiger partial charge in [0.1, 0.15) is 11.5 Å². The number of aromatic hydroxyl groups is 1. The number of H-pyrrole nitrogens is 1. The fourth-order valence-electron chi connectivity index (χ4n) is 2.85. The molecule has 0 saturated heterocycles. The summed E-state index contributed by atoms with van der Waals surface area (Å²) in [6.45, 7) is 0.469. The number of benzene rings is 1. The Morgan fingerprint density at radius 3 is 2.64 bits per heavy atom. The van der Waals surface area contributed by atoms with Gasteiger partial charge in [-0.2, -0.15) is 0 Å². The van der Waals surface area contributed by atoms with Gasteiger partial charge in [-0.05, 0) is 24.1 Å². The molecule has 7 nitrogen and oxygen atoms in total. The molecule has 0 aliphatic carbocycles. The van der Waals surface area contributed by atoms with E-state index in [1.165, 1.54) is 17.0 Å². The highest BCUT2D eigenvalue weighted by Crippen LogP contribution is 2.27. The second kappa shape index (κ2) is 6.39. The highest BCUT2D eigenvalue weighted by molar-refractivity contribution is 6.02. The van der Waals surface area contributed by atoms with Crippen LogP contribution in [0.4, 0.5) is 4.39 Å². The van der Waals surface area contributed by atoms with Crippen molar-refractivity contribution in [2.75, 3.05) is 13.7 Å². The lowest BCUT2D eigenvalue weighted by Gasteiger charge is -2.29. The normalized spacial score (nSPS) is 13.5. The number of nitrogens with one attached hydrogen (secondary N) is 1. The summed E-state index contributed by atoms with van der Waals surface area (Å²) in [5.41, 5.74) is -0.302. The Morgan fingerprint density at radius 1 is 1.32 bits per heavy atom. The molecule has 2 heterocycles. The maximum Gasteiger partial charge on any atom is 0.354 e. The Hall–Kier alpha value is -3.16. The first-order chi connectivity index (χ1) is 11.9. The van der Waals surface area contributed by atoms with Crippen molar-refractivity contribution in [3.8, 4) is 5.75 Å². The summed E-state index contributed by atoms with van der Waals surface area (Å²) in [6.07, 6.45) is 0.261. The smallest absolute Gasteiger partial charge is 0.354 e. The van der Waals surface area contributed by atoms with E-state index in [0.29, 0.717) is 5.56 Å². The third-order valence-corrected chi connectivity index (χ3v) is 4.10. The number of nitrogens with zero attached hydrogens (tertiary/aromatic N) is 1. The number of carbonyl (C=O) groups excluding carboxylic acids is 2. The van der Waals surface area contributed by atoms with Gasteiger partial charge in [0, 0.05) is 18.7 Å². The average Bonchev–Trinajstić information content (AvgIpc) is 2.61. The summed E-state index contributed by atoms with van der Waals surface area (Å²) in [6, 6.07) is 5.68. The highest BCUT2D eigenvalue weighted by atomic mass is 19.1. The Bertz CT molecular complexity index is 904. The topological polar surface area (TPSA) is 99.7 Å². The number of amides is 1. The molecule has 0 radical (unpaired) electrons. The van der Waals surface area contributed by atoms with E-state index in [1.54, 1.807) is 12.1 Å². The predicted molar refractivity (Wildman–Crippen MR) is 84.9 cm³/mol. The van der Waals surface area contributed by atoms with E-state index in [4.69, 9.17) is 0 Å². The molecule has 1 aliphatic rings. The average molecular weight is 346 g/mol. The van der Waals surface area contributed by atoms with Gasteiger partial charge in [-0.1, -0.05) is 12.1 Å². The Labute approximate surface area is 141 Å². The summed E-state index contributed by atoms with van der Waals surface area (Å²) < 4.78 is 17.6. The minimum absolute atomic E-state index is 0.130. The van der Waals surface area contributed by atoms with Gasteiger partial charge in [-0.3, -0.25) is 9.59 Å². The number of aromatic amines is 1. The number of ether oxygens (including phenoxy) is 1. The Balaban J connectivity index is 1.99. The number of halogens is 1. The van der Waals surface area contributed by atoms with Crippen LogP contribution in [-0.4, -0.2) is 40.5 Å². The molecule has 25 heavy (non-hydrogen) atoms. The van der Waals surface area contributed by atoms with Gasteiger partial charge in [0.2, 0.25) is 0 Å². The van der Waals surface area contributed by atoms with Gasteiger partial charge >= 0.3 is 5.97 Å². The van der Waals surface area contributed by atoms with Crippen LogP contribution in [0.3, 0.4) is 0 Å². The number of aromatic nitrogens is 1. The van der Waals surface area contributed by atoms with Crippen LogP contribution in [0, 0.1) is 5.82 Å². The van der Waals surface area contributed by atoms with Crippen LogP contribution >= 0.6 is 0 Å². The largest absolute Gasteiger partial charge is 0.502 e. The summed E-state index contributed by atoms with van der Waals surface area (Å²) in [5, 5.41) is 10.0. The first kappa shape index (κ1) is 16.7. The van der Waals surface area contributed by atoms with E-state index in [-0.39, 0.29) is 42.1 Å². The zero-order valence-electron chi connectivity index (χ0n) is 13.3. The van der Waals surface area contributed by atoms with Gasteiger partial charge in [0.25, 0.3) is 11.5 Å². The molecule has 1 aromatic heterocycles. The van der Waals surface area contributed by atoms with Crippen molar-refractivity contribution < 1.29 is 23.8 Å². The number of fused-ring (bicyclic) bond motifs is 1. The van der Waals surface area contributed by atoms with Crippen molar-refractivity contribution in [2.45, 2.75) is 13.0 Å². The summed E-state index contributed by atoms with van der Waals surface area (Å²) in [5.74, 6) is -2.46. The van der Waals surface area contributed by atoms with Crippen molar-refractivity contribution in [1.82, 2.24) is 9.88 Å². The number of hydrogen-bond donors (Lipinski definition) is 2. The minimum Gasteiger partial charge on any atom is -0.502 e. The fourth-order valence-corrected chi connectivity index (χ4v) is 2.85. The van der Waals surface area contributed by atoms with Crippen LogP contribution in [0.1, 0.15) is 32.0 Å². The van der Waals surface area contributed by atoms with E-state index in [0.717, 1.165) is 7.11 Å². The first-order valence-electron chi connectivity index (χ1n) is 7.52. The lowest BCUT2D eigenvalue weighted by molar-refractivity contribution is 0.0590. The molecule has 0 saturated carbocycles. The van der Waals surface area contributed by atoms with Crippen molar-refractivity contribution >= 4 is 11.9 Å². The zero-order valence-corrected chi connectivity index (χ0v) is 13.3. The van der Waals surface area contributed by atoms with Crippen molar-refractivity contribution in [2.24, 2.45) is 0 Å². The molecule has 0 unspecified atom stereocenters. The van der Waals surface area contributed by atoms with Gasteiger partial charge in [-0.25, -0.2) is 9.18 Å². The van der Waals surface area contributed by atoms with Crippen molar-refractivity contribution in [3.05, 3.63) is 62.8 Å². The van der Waals surface area contributed by atoms with Crippen LogP contribution in [0.15, 0.2) is 29.1 Å². The number of pyridine rings is 1. The molecule has 2 aromatic rings. The predicted octanol–water partition coefficient (Wildman–Crippen LogP) is 1.20. The maximum absolute atomic E-state index is 13.0. The molecule has 1 aromatic carbocycles. The van der Waals surface area contributed by atoms with E-state index < -0.39 is 23.2 Å². The molecule has 3 rings (SSSR count). The quantitative estimate of drug-likeness (QED) is 0.814. The number of methoxy groups -OCH3 is 1. The van der Waals surface area contributed by atoms with Crippen LogP contribution in [0.5, 0.6) is 5.75 Å². The summed E-state index contributed by atoms with van der Waals surface area (Å²) >= 11 is 0. The van der Waals surface area contributed by atoms with E-state index >= 15 is 0 Å². The number of hydrogen-bond acceptors (Lipinski definition) is 5. The van der Waals surface area contributed by atoms with Gasteiger partial charge in [0.05, 0.1) is 12.7 Å². The van der Waals surface area contributed by atoms with Crippen LogP contribution in [-0.2, 0) is 17.7 Å². The monoisotopic (exact) mass is 346 g/mol.